The minimum absolute atomic E-state index is 0.0185. The number of benzene rings is 1. The highest BCUT2D eigenvalue weighted by Crippen LogP contribution is 2.32. The second-order valence-electron chi connectivity index (χ2n) is 5.45. The van der Waals surface area contributed by atoms with Crippen molar-refractivity contribution in [2.24, 2.45) is 5.73 Å². The van der Waals surface area contributed by atoms with Crippen LogP contribution in [-0.4, -0.2) is 22.9 Å². The van der Waals surface area contributed by atoms with E-state index in [0.717, 1.165) is 18.4 Å². The highest BCUT2D eigenvalue weighted by Gasteiger charge is 2.34. The number of amides is 1. The molecule has 1 aromatic rings. The molecular formula is C15H21ClN2O. The Morgan fingerprint density at radius 3 is 2.53 bits per heavy atom. The van der Waals surface area contributed by atoms with Gasteiger partial charge in [-0.1, -0.05) is 23.7 Å². The molecule has 0 aliphatic carbocycles. The molecule has 1 heterocycles. The van der Waals surface area contributed by atoms with Crippen molar-refractivity contribution in [3.8, 4) is 0 Å². The van der Waals surface area contributed by atoms with Gasteiger partial charge in [0.05, 0.1) is 6.04 Å². The summed E-state index contributed by atoms with van der Waals surface area (Å²) in [7, 11) is 0. The minimum Gasteiger partial charge on any atom is -0.332 e. The molecule has 1 saturated heterocycles. The number of nitrogens with zero attached hydrogens (tertiary/aromatic N) is 1. The first kappa shape index (κ1) is 14.4. The predicted molar refractivity (Wildman–Crippen MR) is 78.0 cm³/mol. The van der Waals surface area contributed by atoms with Crippen molar-refractivity contribution in [3.63, 3.8) is 0 Å². The van der Waals surface area contributed by atoms with Crippen LogP contribution >= 0.6 is 11.6 Å². The zero-order valence-electron chi connectivity index (χ0n) is 11.5. The fraction of sp³-hybridized carbons (Fsp3) is 0.533. The van der Waals surface area contributed by atoms with Crippen molar-refractivity contribution in [1.29, 1.82) is 0 Å². The summed E-state index contributed by atoms with van der Waals surface area (Å²) < 4.78 is 0. The van der Waals surface area contributed by atoms with E-state index in [4.69, 9.17) is 17.3 Å². The second-order valence-corrected chi connectivity index (χ2v) is 5.88. The van der Waals surface area contributed by atoms with E-state index in [0.29, 0.717) is 11.4 Å². The van der Waals surface area contributed by atoms with Crippen LogP contribution in [0.25, 0.3) is 0 Å². The Hall–Kier alpha value is -1.06. The van der Waals surface area contributed by atoms with E-state index in [1.807, 2.05) is 43.0 Å². The van der Waals surface area contributed by atoms with Crippen LogP contribution in [0.2, 0.25) is 5.02 Å². The fourth-order valence-electron chi connectivity index (χ4n) is 2.81. The van der Waals surface area contributed by atoms with Gasteiger partial charge in [0.25, 0.3) is 0 Å². The van der Waals surface area contributed by atoms with E-state index < -0.39 is 0 Å². The number of carbonyl (C=O) groups is 1. The number of hydrogen-bond acceptors (Lipinski definition) is 2. The van der Waals surface area contributed by atoms with Crippen LogP contribution in [0, 0.1) is 0 Å². The lowest BCUT2D eigenvalue weighted by Gasteiger charge is -2.37. The van der Waals surface area contributed by atoms with Crippen molar-refractivity contribution in [2.75, 3.05) is 0 Å². The van der Waals surface area contributed by atoms with Crippen LogP contribution in [-0.2, 0) is 4.79 Å². The van der Waals surface area contributed by atoms with Gasteiger partial charge < -0.3 is 10.6 Å². The van der Waals surface area contributed by atoms with Gasteiger partial charge in [-0.15, -0.1) is 0 Å². The number of nitrogens with two attached hydrogens (primary N) is 1. The second kappa shape index (κ2) is 5.93. The predicted octanol–water partition coefficient (Wildman–Crippen LogP) is 3.13. The molecule has 104 valence electrons. The van der Waals surface area contributed by atoms with Crippen LogP contribution < -0.4 is 5.73 Å². The van der Waals surface area contributed by atoms with Crippen LogP contribution in [0.1, 0.15) is 44.7 Å². The molecule has 0 saturated carbocycles. The molecule has 0 aromatic heterocycles. The van der Waals surface area contributed by atoms with Gasteiger partial charge in [-0.05, 0) is 44.4 Å². The van der Waals surface area contributed by atoms with Gasteiger partial charge in [-0.3, -0.25) is 4.79 Å². The molecule has 1 amide bonds. The van der Waals surface area contributed by atoms with Gasteiger partial charge in [-0.25, -0.2) is 0 Å². The summed E-state index contributed by atoms with van der Waals surface area (Å²) in [5, 5.41) is 0.702. The quantitative estimate of drug-likeness (QED) is 0.905. The fourth-order valence-corrected chi connectivity index (χ4v) is 2.94. The third-order valence-corrected chi connectivity index (χ3v) is 3.94. The number of hydrogen-bond donors (Lipinski definition) is 1. The molecule has 19 heavy (non-hydrogen) atoms. The van der Waals surface area contributed by atoms with Crippen LogP contribution in [0.4, 0.5) is 0 Å². The average molecular weight is 281 g/mol. The first-order valence-electron chi connectivity index (χ1n) is 6.83. The molecule has 2 atom stereocenters. The zero-order chi connectivity index (χ0) is 14.0. The Morgan fingerprint density at radius 1 is 1.32 bits per heavy atom. The molecule has 1 aromatic carbocycles. The zero-order valence-corrected chi connectivity index (χ0v) is 12.2. The van der Waals surface area contributed by atoms with Crippen molar-refractivity contribution < 1.29 is 4.79 Å². The number of likely N-dealkylation sites (tertiary alicyclic amines) is 1. The summed E-state index contributed by atoms with van der Waals surface area (Å²) in [6.45, 7) is 4.08. The molecule has 1 aliphatic heterocycles. The first-order chi connectivity index (χ1) is 9.00. The molecule has 1 fully saturated rings. The molecule has 3 nitrogen and oxygen atoms in total. The van der Waals surface area contributed by atoms with Crippen molar-refractivity contribution in [2.45, 2.75) is 51.2 Å². The first-order valence-corrected chi connectivity index (χ1v) is 7.20. The molecule has 2 N–H and O–H groups in total. The highest BCUT2D eigenvalue weighted by molar-refractivity contribution is 6.30. The van der Waals surface area contributed by atoms with Crippen LogP contribution in [0.5, 0.6) is 0 Å². The Balaban J connectivity index is 2.40. The normalized spacial score (nSPS) is 24.7. The van der Waals surface area contributed by atoms with Gasteiger partial charge >= 0.3 is 0 Å². The van der Waals surface area contributed by atoms with Gasteiger partial charge in [0.15, 0.2) is 0 Å². The number of rotatable bonds is 2. The molecule has 2 rings (SSSR count). The average Bonchev–Trinajstić information content (AvgIpc) is 2.50. The van der Waals surface area contributed by atoms with Crippen molar-refractivity contribution >= 4 is 17.5 Å². The third kappa shape index (κ3) is 3.10. The Labute approximate surface area is 119 Å². The lowest BCUT2D eigenvalue weighted by molar-refractivity contribution is -0.135. The lowest BCUT2D eigenvalue weighted by atomic mass is 9.95. The van der Waals surface area contributed by atoms with E-state index in [1.54, 1.807) is 0 Å². The van der Waals surface area contributed by atoms with E-state index in [-0.39, 0.29) is 24.0 Å². The molecule has 1 aliphatic rings. The van der Waals surface area contributed by atoms with E-state index in [9.17, 15) is 4.79 Å². The number of halogens is 1. The smallest absolute Gasteiger partial charge is 0.223 e. The summed E-state index contributed by atoms with van der Waals surface area (Å²) in [4.78, 5) is 14.2. The summed E-state index contributed by atoms with van der Waals surface area (Å²) in [5.74, 6) is 0.197. The molecule has 4 heteroatoms. The standard InChI is InChI=1S/C15H21ClN2O/c1-10(2)18-14(19)5-3-4-13(17)15(18)11-6-8-12(16)9-7-11/h6-10,13,15H,3-5,17H2,1-2H3. The molecule has 0 spiro atoms. The van der Waals surface area contributed by atoms with Gasteiger partial charge in [0.2, 0.25) is 5.91 Å². The Kier molecular flexibility index (Phi) is 4.48. The van der Waals surface area contributed by atoms with Crippen LogP contribution in [0.3, 0.4) is 0 Å². The maximum atomic E-state index is 12.3. The monoisotopic (exact) mass is 280 g/mol. The highest BCUT2D eigenvalue weighted by atomic mass is 35.5. The maximum absolute atomic E-state index is 12.3. The number of carbonyl (C=O) groups excluding carboxylic acids is 1. The van der Waals surface area contributed by atoms with E-state index >= 15 is 0 Å². The SMILES string of the molecule is CC(C)N1C(=O)CCCC(N)C1c1ccc(Cl)cc1. The summed E-state index contributed by atoms with van der Waals surface area (Å²) in [6, 6.07) is 7.75. The molecule has 0 bridgehead atoms. The minimum atomic E-state index is -0.0488. The van der Waals surface area contributed by atoms with Gasteiger partial charge in [0.1, 0.15) is 0 Å². The van der Waals surface area contributed by atoms with E-state index in [1.165, 1.54) is 0 Å². The topological polar surface area (TPSA) is 46.3 Å². The summed E-state index contributed by atoms with van der Waals surface area (Å²) in [5.41, 5.74) is 7.38. The summed E-state index contributed by atoms with van der Waals surface area (Å²) in [6.07, 6.45) is 2.34. The summed E-state index contributed by atoms with van der Waals surface area (Å²) >= 11 is 5.94. The maximum Gasteiger partial charge on any atom is 0.223 e. The van der Waals surface area contributed by atoms with Crippen molar-refractivity contribution in [3.05, 3.63) is 34.9 Å². The molecule has 2 unspecified atom stereocenters. The van der Waals surface area contributed by atoms with Gasteiger partial charge in [0, 0.05) is 23.5 Å². The molecular weight excluding hydrogens is 260 g/mol. The van der Waals surface area contributed by atoms with Gasteiger partial charge in [-0.2, -0.15) is 0 Å². The Morgan fingerprint density at radius 2 is 1.95 bits per heavy atom. The third-order valence-electron chi connectivity index (χ3n) is 3.69. The van der Waals surface area contributed by atoms with Crippen LogP contribution in [0.15, 0.2) is 24.3 Å². The molecule has 0 radical (unpaired) electrons. The van der Waals surface area contributed by atoms with Crippen molar-refractivity contribution in [1.82, 2.24) is 4.90 Å². The Bertz CT molecular complexity index is 444. The van der Waals surface area contributed by atoms with E-state index in [2.05, 4.69) is 0 Å². The largest absolute Gasteiger partial charge is 0.332 e. The lowest BCUT2D eigenvalue weighted by Crippen LogP contribution is -2.45.